The third kappa shape index (κ3) is 4.63. The number of furan rings is 1. The summed E-state index contributed by atoms with van der Waals surface area (Å²) in [6.07, 6.45) is 1.66. The van der Waals surface area contributed by atoms with E-state index < -0.39 is 0 Å². The van der Waals surface area contributed by atoms with E-state index in [1.165, 1.54) is 5.69 Å². The highest BCUT2D eigenvalue weighted by molar-refractivity contribution is 6.30. The molecule has 0 spiro atoms. The lowest BCUT2D eigenvalue weighted by molar-refractivity contribution is 0.0923. The molecule has 6 heteroatoms. The van der Waals surface area contributed by atoms with Crippen LogP contribution >= 0.6 is 11.6 Å². The number of amides is 1. The summed E-state index contributed by atoms with van der Waals surface area (Å²) >= 11 is 5.90. The highest BCUT2D eigenvalue weighted by atomic mass is 35.5. The molecule has 1 aliphatic heterocycles. The van der Waals surface area contributed by atoms with Crippen LogP contribution < -0.4 is 10.2 Å². The molecule has 2 heterocycles. The number of hydrogen-bond acceptors (Lipinski definition) is 4. The summed E-state index contributed by atoms with van der Waals surface area (Å²) in [4.78, 5) is 17.2. The Labute approximate surface area is 175 Å². The minimum Gasteiger partial charge on any atom is -0.459 e. The minimum atomic E-state index is -0.233. The van der Waals surface area contributed by atoms with E-state index in [0.29, 0.717) is 17.3 Å². The lowest BCUT2D eigenvalue weighted by Crippen LogP contribution is -2.44. The van der Waals surface area contributed by atoms with Gasteiger partial charge < -0.3 is 19.5 Å². The van der Waals surface area contributed by atoms with Gasteiger partial charge >= 0.3 is 0 Å². The molecule has 3 aromatic rings. The molecular formula is C23H24ClN3O2. The Hall–Kier alpha value is -2.76. The Morgan fingerprint density at radius 3 is 2.55 bits per heavy atom. The number of carbonyl (C=O) groups is 1. The SMILES string of the molecule is CN1CCN(c2ccccc2-c2coc(C(=O)NCc3ccc(Cl)cc3)c2)CC1. The monoisotopic (exact) mass is 409 g/mol. The van der Waals surface area contributed by atoms with Crippen molar-refractivity contribution in [3.8, 4) is 11.1 Å². The average Bonchev–Trinajstić information content (AvgIpc) is 3.24. The topological polar surface area (TPSA) is 48.7 Å². The number of nitrogens with one attached hydrogen (secondary N) is 1. The molecule has 0 radical (unpaired) electrons. The number of anilines is 1. The van der Waals surface area contributed by atoms with Crippen molar-refractivity contribution in [1.82, 2.24) is 10.2 Å². The summed E-state index contributed by atoms with van der Waals surface area (Å²) in [5.74, 6) is 0.0745. The van der Waals surface area contributed by atoms with Crippen LogP contribution in [0.5, 0.6) is 0 Å². The fourth-order valence-electron chi connectivity index (χ4n) is 3.51. The van der Waals surface area contributed by atoms with E-state index in [-0.39, 0.29) is 5.91 Å². The Balaban J connectivity index is 1.47. The van der Waals surface area contributed by atoms with Gasteiger partial charge in [-0.1, -0.05) is 41.9 Å². The van der Waals surface area contributed by atoms with Crippen molar-refractivity contribution in [3.05, 3.63) is 77.2 Å². The number of piperazine rings is 1. The van der Waals surface area contributed by atoms with Gasteiger partial charge in [-0.3, -0.25) is 4.79 Å². The van der Waals surface area contributed by atoms with Crippen molar-refractivity contribution in [2.75, 3.05) is 38.1 Å². The van der Waals surface area contributed by atoms with Gasteiger partial charge in [-0.25, -0.2) is 0 Å². The predicted molar refractivity (Wildman–Crippen MR) is 116 cm³/mol. The van der Waals surface area contributed by atoms with Crippen LogP contribution in [0.25, 0.3) is 11.1 Å². The van der Waals surface area contributed by atoms with Gasteiger partial charge in [0.15, 0.2) is 5.76 Å². The Morgan fingerprint density at radius 2 is 1.79 bits per heavy atom. The van der Waals surface area contributed by atoms with E-state index in [4.69, 9.17) is 16.0 Å². The summed E-state index contributed by atoms with van der Waals surface area (Å²) in [5.41, 5.74) is 4.15. The van der Waals surface area contributed by atoms with Gasteiger partial charge in [-0.2, -0.15) is 0 Å². The molecule has 0 aliphatic carbocycles. The van der Waals surface area contributed by atoms with Crippen LogP contribution in [0.1, 0.15) is 16.1 Å². The van der Waals surface area contributed by atoms with Gasteiger partial charge in [0.1, 0.15) is 0 Å². The van der Waals surface area contributed by atoms with Crippen LogP contribution in [-0.2, 0) is 6.54 Å². The maximum atomic E-state index is 12.5. The molecule has 1 aromatic heterocycles. The summed E-state index contributed by atoms with van der Waals surface area (Å²) in [6.45, 7) is 4.47. The van der Waals surface area contributed by atoms with Crippen molar-refractivity contribution in [2.24, 2.45) is 0 Å². The van der Waals surface area contributed by atoms with Crippen LogP contribution in [0, 0.1) is 0 Å². The summed E-state index contributed by atoms with van der Waals surface area (Å²) in [7, 11) is 2.15. The molecular weight excluding hydrogens is 386 g/mol. The first-order valence-electron chi connectivity index (χ1n) is 9.74. The zero-order valence-electron chi connectivity index (χ0n) is 16.4. The molecule has 150 valence electrons. The molecule has 0 saturated carbocycles. The van der Waals surface area contributed by atoms with E-state index in [1.807, 2.05) is 36.4 Å². The second-order valence-electron chi connectivity index (χ2n) is 7.32. The zero-order chi connectivity index (χ0) is 20.2. The van der Waals surface area contributed by atoms with E-state index in [1.54, 1.807) is 6.26 Å². The van der Waals surface area contributed by atoms with Crippen LogP contribution in [-0.4, -0.2) is 44.0 Å². The van der Waals surface area contributed by atoms with Gasteiger partial charge in [0, 0.05) is 54.6 Å². The number of halogens is 1. The Bertz CT molecular complexity index is 976. The smallest absolute Gasteiger partial charge is 0.287 e. The number of rotatable bonds is 5. The third-order valence-electron chi connectivity index (χ3n) is 5.25. The summed E-state index contributed by atoms with van der Waals surface area (Å²) in [6, 6.07) is 17.5. The number of para-hydroxylation sites is 1. The summed E-state index contributed by atoms with van der Waals surface area (Å²) in [5, 5.41) is 3.57. The first-order valence-corrected chi connectivity index (χ1v) is 10.1. The Morgan fingerprint density at radius 1 is 1.07 bits per heavy atom. The molecule has 1 saturated heterocycles. The van der Waals surface area contributed by atoms with Crippen molar-refractivity contribution in [2.45, 2.75) is 6.54 Å². The predicted octanol–water partition coefficient (Wildman–Crippen LogP) is 4.28. The first kappa shape index (κ1) is 19.6. The zero-order valence-corrected chi connectivity index (χ0v) is 17.2. The van der Waals surface area contributed by atoms with Gasteiger partial charge in [0.25, 0.3) is 5.91 Å². The van der Waals surface area contributed by atoms with Crippen molar-refractivity contribution in [1.29, 1.82) is 0 Å². The molecule has 5 nitrogen and oxygen atoms in total. The van der Waals surface area contributed by atoms with Crippen LogP contribution in [0.4, 0.5) is 5.69 Å². The molecule has 0 atom stereocenters. The lowest BCUT2D eigenvalue weighted by atomic mass is 10.0. The van der Waals surface area contributed by atoms with Gasteiger partial charge in [-0.05, 0) is 36.9 Å². The molecule has 1 fully saturated rings. The van der Waals surface area contributed by atoms with Crippen molar-refractivity contribution in [3.63, 3.8) is 0 Å². The van der Waals surface area contributed by atoms with E-state index >= 15 is 0 Å². The second-order valence-corrected chi connectivity index (χ2v) is 7.75. The standard InChI is InChI=1S/C23H24ClN3O2/c1-26-10-12-27(13-11-26)21-5-3-2-4-20(21)18-14-22(29-16-18)23(28)25-15-17-6-8-19(24)9-7-17/h2-9,14,16H,10-13,15H2,1H3,(H,25,28). The fourth-order valence-corrected chi connectivity index (χ4v) is 3.64. The Kier molecular flexibility index (Phi) is 5.88. The average molecular weight is 410 g/mol. The maximum absolute atomic E-state index is 12.5. The second kappa shape index (κ2) is 8.72. The van der Waals surface area contributed by atoms with Gasteiger partial charge in [-0.15, -0.1) is 0 Å². The van der Waals surface area contributed by atoms with E-state index in [2.05, 4.69) is 40.4 Å². The number of benzene rings is 2. The number of nitrogens with zero attached hydrogens (tertiary/aromatic N) is 2. The maximum Gasteiger partial charge on any atom is 0.287 e. The molecule has 0 bridgehead atoms. The highest BCUT2D eigenvalue weighted by Crippen LogP contribution is 2.32. The van der Waals surface area contributed by atoms with E-state index in [9.17, 15) is 4.79 Å². The molecule has 1 amide bonds. The van der Waals surface area contributed by atoms with E-state index in [0.717, 1.165) is 42.9 Å². The molecule has 2 aromatic carbocycles. The molecule has 29 heavy (non-hydrogen) atoms. The lowest BCUT2D eigenvalue weighted by Gasteiger charge is -2.35. The highest BCUT2D eigenvalue weighted by Gasteiger charge is 2.19. The van der Waals surface area contributed by atoms with Crippen LogP contribution in [0.15, 0.2) is 65.3 Å². The van der Waals surface area contributed by atoms with Crippen molar-refractivity contribution < 1.29 is 9.21 Å². The quantitative estimate of drug-likeness (QED) is 0.683. The number of likely N-dealkylation sites (N-methyl/N-ethyl adjacent to an activating group) is 1. The largest absolute Gasteiger partial charge is 0.459 e. The van der Waals surface area contributed by atoms with Gasteiger partial charge in [0.05, 0.1) is 6.26 Å². The molecule has 4 rings (SSSR count). The van der Waals surface area contributed by atoms with Crippen molar-refractivity contribution >= 4 is 23.2 Å². The fraction of sp³-hybridized carbons (Fsp3) is 0.261. The van der Waals surface area contributed by atoms with Gasteiger partial charge in [0.2, 0.25) is 0 Å². The summed E-state index contributed by atoms with van der Waals surface area (Å²) < 4.78 is 5.59. The minimum absolute atomic E-state index is 0.233. The third-order valence-corrected chi connectivity index (χ3v) is 5.50. The molecule has 1 aliphatic rings. The van der Waals surface area contributed by atoms with Crippen LogP contribution in [0.2, 0.25) is 5.02 Å². The number of hydrogen-bond donors (Lipinski definition) is 1. The number of carbonyl (C=O) groups excluding carboxylic acids is 1. The molecule has 1 N–H and O–H groups in total. The normalized spacial score (nSPS) is 14.8. The van der Waals surface area contributed by atoms with Crippen LogP contribution in [0.3, 0.4) is 0 Å². The first-order chi connectivity index (χ1) is 14.1. The molecule has 0 unspecified atom stereocenters.